The summed E-state index contributed by atoms with van der Waals surface area (Å²) in [5.41, 5.74) is 68.3. The van der Waals surface area contributed by atoms with Gasteiger partial charge in [-0.2, -0.15) is 8.42 Å². The maximum atomic E-state index is 11.0. The summed E-state index contributed by atoms with van der Waals surface area (Å²) >= 11 is 12.4. The van der Waals surface area contributed by atoms with Crippen molar-refractivity contribution < 1.29 is 46.5 Å². The number of aliphatic hydroxyl groups is 2. The maximum absolute atomic E-state index is 11.0. The second kappa shape index (κ2) is 63.6. The number of hydrogen-bond acceptors (Lipinski definition) is 15. The lowest BCUT2D eigenvalue weighted by molar-refractivity contribution is 0.201. The Balaban J connectivity index is 0.000000175. The number of hydrogen-bond donors (Lipinski definition) is 3. The molecule has 0 amide bonds. The van der Waals surface area contributed by atoms with Crippen LogP contribution in [-0.4, -0.2) is 122 Å². The Hall–Kier alpha value is -16.4. The fraction of sp³-hybridized carbons (Fsp3) is 0.174. The molecule has 0 aliphatic carbocycles. The summed E-state index contributed by atoms with van der Waals surface area (Å²) in [5, 5.41) is 32.4. The van der Waals surface area contributed by atoms with Crippen molar-refractivity contribution in [2.75, 3.05) is 104 Å². The van der Waals surface area contributed by atoms with Crippen LogP contribution in [0.15, 0.2) is 445 Å². The summed E-state index contributed by atoms with van der Waals surface area (Å²) in [7, 11) is -3.47. The Morgan fingerprint density at radius 3 is 0.633 bits per heavy atom. The molecule has 0 aromatic heterocycles. The molecule has 0 unspecified atom stereocenters. The van der Waals surface area contributed by atoms with Crippen molar-refractivity contribution in [2.24, 2.45) is 26.2 Å². The third kappa shape index (κ3) is 36.5. The molecule has 0 saturated heterocycles. The first kappa shape index (κ1) is 111. The molecule has 23 nitrogen and oxygen atoms in total. The quantitative estimate of drug-likeness (QED) is 0.00612. The van der Waals surface area contributed by atoms with Gasteiger partial charge in [-0.25, -0.2) is 0 Å². The predicted octanol–water partition coefficient (Wildman–Crippen LogP) is 29.7. The van der Waals surface area contributed by atoms with Crippen LogP contribution >= 0.6 is 23.2 Å². The third-order valence-electron chi connectivity index (χ3n) is 22.7. The summed E-state index contributed by atoms with van der Waals surface area (Å²) in [5.74, 6) is 4.62. The summed E-state index contributed by atoms with van der Waals surface area (Å²) in [4.78, 5) is 11.3. The highest BCUT2D eigenvalue weighted by molar-refractivity contribution is 7.86. The van der Waals surface area contributed by atoms with Gasteiger partial charge in [-0.1, -0.05) is 384 Å². The minimum atomic E-state index is -3.47. The summed E-state index contributed by atoms with van der Waals surface area (Å²) in [6.45, 7) is 3.28. The molecule has 0 fully saturated rings. The highest BCUT2D eigenvalue weighted by atomic mass is 35.5. The van der Waals surface area contributed by atoms with E-state index in [1.807, 2.05) is 255 Å². The number of aliphatic hydroxyl groups excluding tert-OH is 2. The lowest BCUT2D eigenvalue weighted by Crippen LogP contribution is -2.11. The molecule has 0 bridgehead atoms. The lowest BCUT2D eigenvalue weighted by Gasteiger charge is -2.17. The van der Waals surface area contributed by atoms with Crippen molar-refractivity contribution in [3.63, 3.8) is 0 Å². The zero-order chi connectivity index (χ0) is 103. The monoisotopic (exact) mass is 2010 g/mol. The summed E-state index contributed by atoms with van der Waals surface area (Å²) < 4.78 is 54.7. The first-order valence-corrected chi connectivity index (χ1v) is 51.0. The van der Waals surface area contributed by atoms with Gasteiger partial charge in [-0.05, 0) is 261 Å². The molecule has 746 valence electrons. The average Bonchev–Trinajstić information content (AvgIpc) is 0.819. The molecule has 0 spiro atoms. The molecule has 0 saturated carbocycles. The molecule has 0 atom stereocenters. The van der Waals surface area contributed by atoms with E-state index in [1.165, 1.54) is 33.4 Å². The second-order valence-corrected chi connectivity index (χ2v) is 34.9. The van der Waals surface area contributed by atoms with Gasteiger partial charge in [-0.3, -0.25) is 4.18 Å². The Morgan fingerprint density at radius 1 is 0.252 bits per heavy atom. The number of nitrogens with zero attached hydrogens (tertiary/aromatic N) is 12. The number of alkyl halides is 2. The van der Waals surface area contributed by atoms with Crippen LogP contribution in [0.25, 0.3) is 97.5 Å². The SMILES string of the molecule is CS(=O)(=O)OCCOc1ccc(/C(=C(/CCCl)c2ccccc2)c2ccccc2)cc1.NCC/C(=C(\c1ccccc1)c1ccc(OCCO)cc1)c1ccccc1.[N-]=[N+]=NCC/C(=C(\c1ccccc1)c1ccc(OCCO)cc1)c1ccccc1.[N-]=[N+]=NCCOc1ccc(/C(=C(/CCCl)c2ccccc2)c2ccccc2)cc1.[N-]=[N+]=NCCOc1ccc(/C(=C(/CCN=[N+]=[N-])c2ccccc2)c2ccccc2)cc1. The van der Waals surface area contributed by atoms with Crippen molar-refractivity contribution in [3.05, 3.63) is 550 Å². The van der Waals surface area contributed by atoms with Crippen LogP contribution < -0.4 is 29.4 Å². The predicted molar refractivity (Wildman–Crippen MR) is 598 cm³/mol. The van der Waals surface area contributed by atoms with Crippen molar-refractivity contribution >= 4 is 89.1 Å². The Labute approximate surface area is 870 Å². The molecular formula is C121H117Cl2N13O10S. The van der Waals surface area contributed by atoms with Gasteiger partial charge in [0.1, 0.15) is 55.2 Å². The van der Waals surface area contributed by atoms with Crippen molar-refractivity contribution in [3.8, 4) is 28.7 Å². The molecule has 0 radical (unpaired) electrons. The largest absolute Gasteiger partial charge is 0.493 e. The number of rotatable bonds is 46. The van der Waals surface area contributed by atoms with Gasteiger partial charge in [0, 0.05) is 44.5 Å². The fourth-order valence-electron chi connectivity index (χ4n) is 16.4. The molecule has 0 aliphatic rings. The minimum Gasteiger partial charge on any atom is -0.493 e. The zero-order valence-corrected chi connectivity index (χ0v) is 84.2. The van der Waals surface area contributed by atoms with Gasteiger partial charge < -0.3 is 39.6 Å². The number of nitrogens with two attached hydrogens (primary N) is 1. The molecule has 26 heteroatoms. The van der Waals surface area contributed by atoms with Gasteiger partial charge >= 0.3 is 0 Å². The lowest BCUT2D eigenvalue weighted by atomic mass is 9.88. The van der Waals surface area contributed by atoms with Crippen LogP contribution in [0.3, 0.4) is 0 Å². The molecule has 0 aliphatic heterocycles. The average molecular weight is 2020 g/mol. The first-order valence-electron chi connectivity index (χ1n) is 48.1. The van der Waals surface area contributed by atoms with E-state index in [0.29, 0.717) is 87.8 Å². The molecule has 4 N–H and O–H groups in total. The molecule has 15 aromatic rings. The molecule has 147 heavy (non-hydrogen) atoms. The number of benzene rings is 15. The van der Waals surface area contributed by atoms with E-state index in [0.717, 1.165) is 143 Å². The van der Waals surface area contributed by atoms with Crippen molar-refractivity contribution in [2.45, 2.75) is 32.1 Å². The third-order valence-corrected chi connectivity index (χ3v) is 23.7. The molecule has 15 rings (SSSR count). The van der Waals surface area contributed by atoms with Gasteiger partial charge in [-0.15, -0.1) is 23.2 Å². The van der Waals surface area contributed by atoms with Gasteiger partial charge in [0.25, 0.3) is 10.1 Å². The topological polar surface area (TPSA) is 351 Å². The van der Waals surface area contributed by atoms with Crippen LogP contribution in [0, 0.1) is 0 Å². The molecular weight excluding hydrogens is 1900 g/mol. The highest BCUT2D eigenvalue weighted by Gasteiger charge is 2.22. The van der Waals surface area contributed by atoms with Crippen LogP contribution in [-0.2, 0) is 14.3 Å². The molecule has 0 heterocycles. The fourth-order valence-corrected chi connectivity index (χ4v) is 17.1. The van der Waals surface area contributed by atoms with Crippen molar-refractivity contribution in [1.29, 1.82) is 0 Å². The van der Waals surface area contributed by atoms with Crippen molar-refractivity contribution in [1.82, 2.24) is 0 Å². The van der Waals surface area contributed by atoms with Crippen LogP contribution in [0.4, 0.5) is 0 Å². The zero-order valence-electron chi connectivity index (χ0n) is 81.8. The van der Waals surface area contributed by atoms with Gasteiger partial charge in [0.2, 0.25) is 0 Å². The number of ether oxygens (including phenoxy) is 5. The van der Waals surface area contributed by atoms with Gasteiger partial charge in [0.05, 0.1) is 45.8 Å². The van der Waals surface area contributed by atoms with Crippen LogP contribution in [0.1, 0.15) is 116 Å². The van der Waals surface area contributed by atoms with E-state index in [1.54, 1.807) is 0 Å². The van der Waals surface area contributed by atoms with E-state index < -0.39 is 10.1 Å². The van der Waals surface area contributed by atoms with E-state index >= 15 is 0 Å². The summed E-state index contributed by atoms with van der Waals surface area (Å²) in [6.07, 6.45) is 4.54. The van der Waals surface area contributed by atoms with E-state index in [-0.39, 0.29) is 39.6 Å². The minimum absolute atomic E-state index is 0.00553. The van der Waals surface area contributed by atoms with E-state index in [2.05, 4.69) is 210 Å². The second-order valence-electron chi connectivity index (χ2n) is 32.5. The van der Waals surface area contributed by atoms with E-state index in [9.17, 15) is 8.42 Å². The highest BCUT2D eigenvalue weighted by Crippen LogP contribution is 2.42. The first-order chi connectivity index (χ1) is 72.3. The van der Waals surface area contributed by atoms with E-state index in [4.69, 9.17) is 89.1 Å². The van der Waals surface area contributed by atoms with Crippen LogP contribution in [0.5, 0.6) is 28.7 Å². The Morgan fingerprint density at radius 2 is 0.435 bits per heavy atom. The number of halogens is 2. The number of azide groups is 4. The van der Waals surface area contributed by atoms with Gasteiger partial charge in [0.15, 0.2) is 0 Å². The molecule has 15 aromatic carbocycles. The standard InChI is InChI=1S/C25H25ClO4S.C24H22ClN3O.C24H22N6O.C24H23N3O2.C24H25NO2/c1-31(27,28)30-19-18-29-23-14-12-22(13-15-23)25(21-10-6-3-7-11-21)24(16-17-26)20-8-4-2-5-9-20;25-16-15-23(19-7-3-1-4-8-19)24(20-9-5-2-6-10-20)21-11-13-22(14-12-21)29-18-17-27-28-26;25-29-27-16-15-23(19-7-3-1-4-8-19)24(20-9-5-2-6-10-20)21-11-13-22(14-12-21)31-18-17-28-30-26;25-27-26-16-15-23(19-7-3-1-4-8-19)24(20-9-5-2-6-10-20)21-11-13-22(14-12-21)29-18-17-28;25-16-15-23(19-7-3-1-4-8-19)24(20-9-5-2-6-10-20)21-11-13-22(14-12-21)27-18-17-26/h2-15H,16-19H2,1H3;1-14H,15-18H2;1-14H,15-18H2;1-14,28H,15-18H2;1-14,26H,15-18,25H2/b25-24-;4*24-23-. The summed E-state index contributed by atoms with van der Waals surface area (Å²) in [6, 6.07) is 142. The Bertz CT molecular complexity index is 6990. The normalized spacial score (nSPS) is 11.6. The maximum Gasteiger partial charge on any atom is 0.264 e. The van der Waals surface area contributed by atoms with Crippen LogP contribution in [0.2, 0.25) is 0 Å². The Kier molecular flexibility index (Phi) is 48.0. The smallest absolute Gasteiger partial charge is 0.264 e. The number of allylic oxidation sites excluding steroid dienone is 2.